The number of carboxylic acids is 1. The second kappa shape index (κ2) is 6.23. The van der Waals surface area contributed by atoms with Crippen molar-refractivity contribution in [1.82, 2.24) is 0 Å². The summed E-state index contributed by atoms with van der Waals surface area (Å²) in [5.74, 6) is -0.956. The summed E-state index contributed by atoms with van der Waals surface area (Å²) >= 11 is 0. The minimum atomic E-state index is -1.28. The molecule has 0 saturated carbocycles. The van der Waals surface area contributed by atoms with E-state index in [0.717, 1.165) is 0 Å². The van der Waals surface area contributed by atoms with Crippen molar-refractivity contribution in [3.8, 4) is 5.75 Å². The molecule has 0 spiro atoms. The summed E-state index contributed by atoms with van der Waals surface area (Å²) < 4.78 is 5.22. The predicted octanol–water partition coefficient (Wildman–Crippen LogP) is 2.66. The van der Waals surface area contributed by atoms with Crippen molar-refractivity contribution in [2.24, 2.45) is 0 Å². The minimum absolute atomic E-state index is 0.117. The van der Waals surface area contributed by atoms with Gasteiger partial charge in [-0.05, 0) is 32.4 Å². The smallest absolute Gasteiger partial charge is 0.333 e. The van der Waals surface area contributed by atoms with Crippen LogP contribution in [0.1, 0.15) is 27.2 Å². The molecule has 1 atom stereocenters. The molecule has 7 nitrogen and oxygen atoms in total. The molecule has 110 valence electrons. The van der Waals surface area contributed by atoms with Crippen molar-refractivity contribution in [3.63, 3.8) is 0 Å². The Hall–Kier alpha value is -2.31. The predicted molar refractivity (Wildman–Crippen MR) is 74.2 cm³/mol. The van der Waals surface area contributed by atoms with Crippen LogP contribution >= 0.6 is 0 Å². The van der Waals surface area contributed by atoms with Crippen LogP contribution in [0.5, 0.6) is 5.75 Å². The molecule has 1 rings (SSSR count). The first kappa shape index (κ1) is 15.7. The van der Waals surface area contributed by atoms with Gasteiger partial charge in [0.1, 0.15) is 11.2 Å². The molecule has 0 aromatic heterocycles. The van der Waals surface area contributed by atoms with Crippen molar-refractivity contribution in [2.75, 3.05) is 11.9 Å². The number of anilines is 1. The first-order chi connectivity index (χ1) is 9.35. The van der Waals surface area contributed by atoms with E-state index in [0.29, 0.717) is 0 Å². The maximum Gasteiger partial charge on any atom is 0.333 e. The fraction of sp³-hybridized carbons (Fsp3) is 0.462. The summed E-state index contributed by atoms with van der Waals surface area (Å²) in [6.45, 7) is 5.18. The highest BCUT2D eigenvalue weighted by molar-refractivity contribution is 5.84. The van der Waals surface area contributed by atoms with Crippen molar-refractivity contribution in [1.29, 1.82) is 0 Å². The number of nitro benzene ring substituents is 1. The van der Waals surface area contributed by atoms with Crippen LogP contribution in [0.2, 0.25) is 0 Å². The lowest BCUT2D eigenvalue weighted by Gasteiger charge is -2.25. The zero-order valence-electron chi connectivity index (χ0n) is 11.7. The van der Waals surface area contributed by atoms with Gasteiger partial charge in [0.15, 0.2) is 5.75 Å². The van der Waals surface area contributed by atoms with E-state index < -0.39 is 16.4 Å². The number of carbonyl (C=O) groups is 1. The average Bonchev–Trinajstić information content (AvgIpc) is 2.38. The molecule has 0 radical (unpaired) electrons. The van der Waals surface area contributed by atoms with Crippen LogP contribution in [0.4, 0.5) is 11.4 Å². The van der Waals surface area contributed by atoms with Gasteiger partial charge in [-0.3, -0.25) is 10.1 Å². The van der Waals surface area contributed by atoms with Gasteiger partial charge in [-0.2, -0.15) is 0 Å². The van der Waals surface area contributed by atoms with Gasteiger partial charge in [-0.1, -0.05) is 13.0 Å². The largest absolute Gasteiger partial charge is 0.487 e. The third-order valence-corrected chi connectivity index (χ3v) is 3.07. The number of hydrogen-bond acceptors (Lipinski definition) is 5. The fourth-order valence-corrected chi connectivity index (χ4v) is 1.67. The fourth-order valence-electron chi connectivity index (χ4n) is 1.67. The average molecular weight is 282 g/mol. The van der Waals surface area contributed by atoms with E-state index >= 15 is 0 Å². The molecule has 0 fully saturated rings. The Labute approximate surface area is 116 Å². The Morgan fingerprint density at radius 1 is 1.50 bits per heavy atom. The second-order valence-electron chi connectivity index (χ2n) is 4.46. The van der Waals surface area contributed by atoms with Gasteiger partial charge < -0.3 is 15.2 Å². The highest BCUT2D eigenvalue weighted by atomic mass is 16.6. The summed E-state index contributed by atoms with van der Waals surface area (Å²) in [7, 11) is 0. The summed E-state index contributed by atoms with van der Waals surface area (Å²) in [6, 6.07) is 4.53. The summed E-state index contributed by atoms with van der Waals surface area (Å²) in [5, 5.41) is 23.2. The second-order valence-corrected chi connectivity index (χ2v) is 4.46. The number of aliphatic carboxylic acids is 1. The molecule has 0 bridgehead atoms. The summed E-state index contributed by atoms with van der Waals surface area (Å²) in [6.07, 6.45) is 0.276. The highest BCUT2D eigenvalue weighted by Crippen LogP contribution is 2.36. The molecule has 0 aliphatic carbocycles. The number of nitro groups is 1. The lowest BCUT2D eigenvalue weighted by Crippen LogP contribution is -2.42. The van der Waals surface area contributed by atoms with E-state index in [9.17, 15) is 20.0 Å². The molecule has 1 unspecified atom stereocenters. The van der Waals surface area contributed by atoms with Gasteiger partial charge in [0, 0.05) is 0 Å². The number of nitrogens with zero attached hydrogens (tertiary/aromatic N) is 1. The van der Waals surface area contributed by atoms with Gasteiger partial charge in [0.25, 0.3) is 0 Å². The topological polar surface area (TPSA) is 102 Å². The van der Waals surface area contributed by atoms with Crippen LogP contribution in [-0.2, 0) is 4.79 Å². The number of nitrogens with one attached hydrogen (secondary N) is 1. The van der Waals surface area contributed by atoms with E-state index in [2.05, 4.69) is 5.32 Å². The molecular weight excluding hydrogens is 264 g/mol. The minimum Gasteiger partial charge on any atom is -0.487 e. The van der Waals surface area contributed by atoms with Crippen LogP contribution < -0.4 is 10.1 Å². The maximum absolute atomic E-state index is 11.3. The molecule has 0 aliphatic heterocycles. The Morgan fingerprint density at radius 2 is 2.15 bits per heavy atom. The van der Waals surface area contributed by atoms with Crippen LogP contribution in [0, 0.1) is 10.1 Å². The Balaban J connectivity index is 3.27. The van der Waals surface area contributed by atoms with E-state index in [-0.39, 0.29) is 30.2 Å². The number of benzene rings is 1. The van der Waals surface area contributed by atoms with Gasteiger partial charge >= 0.3 is 11.7 Å². The lowest BCUT2D eigenvalue weighted by molar-refractivity contribution is -0.385. The van der Waals surface area contributed by atoms with Crippen molar-refractivity contribution in [3.05, 3.63) is 28.3 Å². The van der Waals surface area contributed by atoms with E-state index in [1.807, 2.05) is 0 Å². The molecule has 0 amide bonds. The van der Waals surface area contributed by atoms with Crippen molar-refractivity contribution in [2.45, 2.75) is 32.7 Å². The standard InChI is InChI=1S/C13H18N2O5/c1-4-13(3,12(16)17)14-9-7-6-8-10(20-5-2)11(9)15(18)19/h6-8,14H,4-5H2,1-3H3,(H,16,17). The molecule has 7 heteroatoms. The molecule has 0 saturated heterocycles. The molecule has 2 N–H and O–H groups in total. The molecule has 0 heterocycles. The first-order valence-electron chi connectivity index (χ1n) is 6.27. The third-order valence-electron chi connectivity index (χ3n) is 3.07. The highest BCUT2D eigenvalue weighted by Gasteiger charge is 2.34. The van der Waals surface area contributed by atoms with Crippen molar-refractivity contribution >= 4 is 17.3 Å². The van der Waals surface area contributed by atoms with Crippen LogP contribution in [0.3, 0.4) is 0 Å². The molecule has 0 aliphatic rings. The SMILES string of the molecule is CCOc1cccc(NC(C)(CC)C(=O)O)c1[N+](=O)[O-]. The summed E-state index contributed by atoms with van der Waals surface area (Å²) in [4.78, 5) is 21.9. The van der Waals surface area contributed by atoms with E-state index in [1.54, 1.807) is 19.9 Å². The number of carboxylic acid groups (broad SMARTS) is 1. The zero-order chi connectivity index (χ0) is 15.3. The van der Waals surface area contributed by atoms with Crippen molar-refractivity contribution < 1.29 is 19.6 Å². The van der Waals surface area contributed by atoms with Gasteiger partial charge in [-0.25, -0.2) is 4.79 Å². The van der Waals surface area contributed by atoms with Crippen LogP contribution in [0.25, 0.3) is 0 Å². The monoisotopic (exact) mass is 282 g/mol. The quantitative estimate of drug-likeness (QED) is 0.589. The molecule has 1 aromatic rings. The normalized spacial score (nSPS) is 13.3. The molecule has 20 heavy (non-hydrogen) atoms. The number of rotatable bonds is 7. The third kappa shape index (κ3) is 3.17. The van der Waals surface area contributed by atoms with Crippen LogP contribution in [-0.4, -0.2) is 28.1 Å². The zero-order valence-corrected chi connectivity index (χ0v) is 11.7. The maximum atomic E-state index is 11.3. The molecular formula is C13H18N2O5. The Kier molecular flexibility index (Phi) is 4.90. The lowest BCUT2D eigenvalue weighted by atomic mass is 9.98. The summed E-state index contributed by atoms with van der Waals surface area (Å²) in [5.41, 5.74) is -1.40. The van der Waals surface area contributed by atoms with E-state index in [1.165, 1.54) is 19.1 Å². The van der Waals surface area contributed by atoms with Crippen LogP contribution in [0.15, 0.2) is 18.2 Å². The Morgan fingerprint density at radius 3 is 2.60 bits per heavy atom. The number of hydrogen-bond donors (Lipinski definition) is 2. The Bertz CT molecular complexity index is 517. The van der Waals surface area contributed by atoms with Gasteiger partial charge in [0.2, 0.25) is 0 Å². The van der Waals surface area contributed by atoms with Gasteiger partial charge in [0.05, 0.1) is 11.5 Å². The van der Waals surface area contributed by atoms with Gasteiger partial charge in [-0.15, -0.1) is 0 Å². The van der Waals surface area contributed by atoms with E-state index in [4.69, 9.17) is 4.74 Å². The first-order valence-corrected chi connectivity index (χ1v) is 6.27. The molecule has 1 aromatic carbocycles. The number of para-hydroxylation sites is 1. The number of ether oxygens (including phenoxy) is 1.